The van der Waals surface area contributed by atoms with E-state index in [1.807, 2.05) is 12.1 Å². The summed E-state index contributed by atoms with van der Waals surface area (Å²) in [5, 5.41) is 0. The lowest BCUT2D eigenvalue weighted by atomic mass is 10.2. The van der Waals surface area contributed by atoms with Gasteiger partial charge in [0.1, 0.15) is 5.82 Å². The largest absolute Gasteiger partial charge is 0.392 e. The van der Waals surface area contributed by atoms with Gasteiger partial charge >= 0.3 is 0 Å². The molecule has 98 valence electrons. The van der Waals surface area contributed by atoms with Crippen molar-refractivity contribution in [1.29, 1.82) is 0 Å². The quantitative estimate of drug-likeness (QED) is 0.832. The van der Waals surface area contributed by atoms with Gasteiger partial charge in [0.05, 0.1) is 4.99 Å². The lowest BCUT2D eigenvalue weighted by Gasteiger charge is -2.34. The van der Waals surface area contributed by atoms with Crippen molar-refractivity contribution in [3.63, 3.8) is 0 Å². The van der Waals surface area contributed by atoms with Crippen molar-refractivity contribution in [2.24, 2.45) is 5.73 Å². The van der Waals surface area contributed by atoms with Crippen LogP contribution in [0.2, 0.25) is 0 Å². The molecule has 0 bridgehead atoms. The Balaban J connectivity index is 1.79. The third-order valence-electron chi connectivity index (χ3n) is 3.16. The molecule has 1 aromatic rings. The zero-order valence-electron chi connectivity index (χ0n) is 10.3. The van der Waals surface area contributed by atoms with Gasteiger partial charge in [-0.05, 0) is 17.7 Å². The van der Waals surface area contributed by atoms with Crippen molar-refractivity contribution in [1.82, 2.24) is 9.80 Å². The first-order valence-electron chi connectivity index (χ1n) is 6.11. The van der Waals surface area contributed by atoms with E-state index >= 15 is 0 Å². The van der Waals surface area contributed by atoms with E-state index in [1.54, 1.807) is 0 Å². The summed E-state index contributed by atoms with van der Waals surface area (Å²) in [6.07, 6.45) is 0. The predicted octanol–water partition coefficient (Wildman–Crippen LogP) is 1.23. The maximum atomic E-state index is 12.8. The van der Waals surface area contributed by atoms with E-state index in [-0.39, 0.29) is 5.82 Å². The highest BCUT2D eigenvalue weighted by Gasteiger charge is 2.17. The van der Waals surface area contributed by atoms with E-state index in [0.29, 0.717) is 11.5 Å². The van der Waals surface area contributed by atoms with E-state index in [1.165, 1.54) is 12.1 Å². The van der Waals surface area contributed by atoms with Gasteiger partial charge in [0.2, 0.25) is 0 Å². The molecular weight excluding hydrogens is 249 g/mol. The van der Waals surface area contributed by atoms with Crippen LogP contribution in [0.4, 0.5) is 4.39 Å². The summed E-state index contributed by atoms with van der Waals surface area (Å²) >= 11 is 4.91. The first-order valence-corrected chi connectivity index (χ1v) is 6.52. The highest BCUT2D eigenvalue weighted by molar-refractivity contribution is 7.80. The molecule has 2 rings (SSSR count). The first-order chi connectivity index (χ1) is 8.63. The lowest BCUT2D eigenvalue weighted by Crippen LogP contribution is -2.48. The topological polar surface area (TPSA) is 32.5 Å². The molecule has 1 heterocycles. The van der Waals surface area contributed by atoms with Gasteiger partial charge in [-0.25, -0.2) is 4.39 Å². The van der Waals surface area contributed by atoms with E-state index in [2.05, 4.69) is 9.80 Å². The third kappa shape index (κ3) is 4.01. The molecule has 1 aromatic carbocycles. The summed E-state index contributed by atoms with van der Waals surface area (Å²) in [6, 6.07) is 6.71. The fraction of sp³-hybridized carbons (Fsp3) is 0.462. The Labute approximate surface area is 112 Å². The molecule has 0 saturated carbocycles. The van der Waals surface area contributed by atoms with E-state index in [0.717, 1.165) is 38.3 Å². The van der Waals surface area contributed by atoms with Gasteiger partial charge < -0.3 is 5.73 Å². The average molecular weight is 267 g/mol. The number of thiocarbonyl (C=S) groups is 1. The van der Waals surface area contributed by atoms with Crippen molar-refractivity contribution in [3.05, 3.63) is 35.6 Å². The molecule has 0 aromatic heterocycles. The number of hydrogen-bond acceptors (Lipinski definition) is 3. The number of hydrogen-bond donors (Lipinski definition) is 1. The van der Waals surface area contributed by atoms with Crippen LogP contribution in [0.3, 0.4) is 0 Å². The molecule has 2 N–H and O–H groups in total. The SMILES string of the molecule is NC(=S)CN1CCN(Cc2ccc(F)cc2)CC1. The van der Waals surface area contributed by atoms with Gasteiger partial charge in [-0.1, -0.05) is 24.4 Å². The number of nitrogens with two attached hydrogens (primary N) is 1. The van der Waals surface area contributed by atoms with E-state index in [4.69, 9.17) is 18.0 Å². The minimum Gasteiger partial charge on any atom is -0.392 e. The second-order valence-corrected chi connectivity index (χ2v) is 5.17. The standard InChI is InChI=1S/C13H18FN3S/c14-12-3-1-11(2-4-12)9-16-5-7-17(8-6-16)10-13(15)18/h1-4H,5-10H2,(H2,15,18). The first kappa shape index (κ1) is 13.4. The molecule has 0 amide bonds. The van der Waals surface area contributed by atoms with E-state index in [9.17, 15) is 4.39 Å². The smallest absolute Gasteiger partial charge is 0.123 e. The maximum absolute atomic E-state index is 12.8. The fourth-order valence-electron chi connectivity index (χ4n) is 2.17. The minimum atomic E-state index is -0.181. The van der Waals surface area contributed by atoms with Gasteiger partial charge in [0.15, 0.2) is 0 Å². The molecule has 1 aliphatic heterocycles. The third-order valence-corrected chi connectivity index (χ3v) is 3.29. The lowest BCUT2D eigenvalue weighted by molar-refractivity contribution is 0.140. The highest BCUT2D eigenvalue weighted by Crippen LogP contribution is 2.09. The molecule has 5 heteroatoms. The fourth-order valence-corrected chi connectivity index (χ4v) is 2.36. The number of halogens is 1. The summed E-state index contributed by atoms with van der Waals surface area (Å²) in [5.41, 5.74) is 6.69. The minimum absolute atomic E-state index is 0.181. The Bertz CT molecular complexity index is 399. The second kappa shape index (κ2) is 6.22. The molecule has 1 saturated heterocycles. The highest BCUT2D eigenvalue weighted by atomic mass is 32.1. The molecule has 3 nitrogen and oxygen atoms in total. The summed E-state index contributed by atoms with van der Waals surface area (Å²) < 4.78 is 12.8. The Kier molecular flexibility index (Phi) is 4.63. The predicted molar refractivity (Wildman–Crippen MR) is 74.9 cm³/mol. The van der Waals surface area contributed by atoms with Crippen LogP contribution in [-0.2, 0) is 6.54 Å². The van der Waals surface area contributed by atoms with E-state index < -0.39 is 0 Å². The molecule has 18 heavy (non-hydrogen) atoms. The Hall–Kier alpha value is -1.04. The number of nitrogens with zero attached hydrogens (tertiary/aromatic N) is 2. The molecule has 0 unspecified atom stereocenters. The van der Waals surface area contributed by atoms with Crippen molar-refractivity contribution < 1.29 is 4.39 Å². The Morgan fingerprint density at radius 3 is 2.22 bits per heavy atom. The molecule has 0 aliphatic carbocycles. The summed E-state index contributed by atoms with van der Waals surface area (Å²) in [4.78, 5) is 5.19. The average Bonchev–Trinajstić information content (AvgIpc) is 2.34. The molecule has 1 aliphatic rings. The van der Waals surface area contributed by atoms with Crippen LogP contribution < -0.4 is 5.73 Å². The van der Waals surface area contributed by atoms with Crippen LogP contribution in [0.5, 0.6) is 0 Å². The molecular formula is C13H18FN3S. The van der Waals surface area contributed by atoms with Crippen molar-refractivity contribution in [2.75, 3.05) is 32.7 Å². The summed E-state index contributed by atoms with van der Waals surface area (Å²) in [7, 11) is 0. The zero-order valence-corrected chi connectivity index (χ0v) is 11.1. The van der Waals surface area contributed by atoms with Crippen LogP contribution in [0.15, 0.2) is 24.3 Å². The Morgan fingerprint density at radius 1 is 1.11 bits per heavy atom. The van der Waals surface area contributed by atoms with Crippen molar-refractivity contribution in [3.8, 4) is 0 Å². The molecule has 1 fully saturated rings. The summed E-state index contributed by atoms with van der Waals surface area (Å²) in [6.45, 7) is 5.55. The van der Waals surface area contributed by atoms with Gasteiger partial charge in [-0.2, -0.15) is 0 Å². The Morgan fingerprint density at radius 2 is 1.67 bits per heavy atom. The molecule has 0 spiro atoms. The van der Waals surface area contributed by atoms with Crippen LogP contribution in [0.25, 0.3) is 0 Å². The van der Waals surface area contributed by atoms with Crippen LogP contribution in [0.1, 0.15) is 5.56 Å². The van der Waals surface area contributed by atoms with Crippen LogP contribution in [0, 0.1) is 5.82 Å². The zero-order chi connectivity index (χ0) is 13.0. The van der Waals surface area contributed by atoms with Gasteiger partial charge in [-0.15, -0.1) is 0 Å². The van der Waals surface area contributed by atoms with Gasteiger partial charge in [0.25, 0.3) is 0 Å². The monoisotopic (exact) mass is 267 g/mol. The van der Waals surface area contributed by atoms with Gasteiger partial charge in [0, 0.05) is 39.3 Å². The number of benzene rings is 1. The van der Waals surface area contributed by atoms with Crippen LogP contribution >= 0.6 is 12.2 Å². The van der Waals surface area contributed by atoms with Crippen LogP contribution in [-0.4, -0.2) is 47.5 Å². The molecule has 0 atom stereocenters. The normalized spacial score (nSPS) is 17.8. The second-order valence-electron chi connectivity index (χ2n) is 4.65. The number of piperazine rings is 1. The summed E-state index contributed by atoms with van der Waals surface area (Å²) in [5.74, 6) is -0.181. The maximum Gasteiger partial charge on any atom is 0.123 e. The van der Waals surface area contributed by atoms with Crippen molar-refractivity contribution >= 4 is 17.2 Å². The number of rotatable bonds is 4. The van der Waals surface area contributed by atoms with Gasteiger partial charge in [-0.3, -0.25) is 9.80 Å². The van der Waals surface area contributed by atoms with Crippen molar-refractivity contribution in [2.45, 2.75) is 6.54 Å². The molecule has 0 radical (unpaired) electrons.